The highest BCUT2D eigenvalue weighted by Gasteiger charge is 2.29. The molecule has 1 N–H and O–H groups in total. The Morgan fingerprint density at radius 1 is 1.48 bits per heavy atom. The van der Waals surface area contributed by atoms with Crippen LogP contribution >= 0.6 is 15.9 Å². The maximum absolute atomic E-state index is 12.0. The van der Waals surface area contributed by atoms with Crippen LogP contribution in [0.4, 0.5) is 10.5 Å². The van der Waals surface area contributed by atoms with Crippen LogP contribution in [-0.2, 0) is 4.74 Å². The average molecular weight is 355 g/mol. The minimum absolute atomic E-state index is 0.201. The van der Waals surface area contributed by atoms with Crippen LogP contribution in [0.1, 0.15) is 27.2 Å². The molecule has 0 aromatic heterocycles. The third-order valence-electron chi connectivity index (χ3n) is 3.36. The fourth-order valence-corrected chi connectivity index (χ4v) is 2.75. The number of carbonyl (C=O) groups is 1. The molecule has 0 bridgehead atoms. The topological polar surface area (TPSA) is 41.6 Å². The maximum Gasteiger partial charge on any atom is 0.410 e. The van der Waals surface area contributed by atoms with Gasteiger partial charge in [0.2, 0.25) is 0 Å². The first-order chi connectivity index (χ1) is 9.83. The second-order valence-corrected chi connectivity index (χ2v) is 7.39. The van der Waals surface area contributed by atoms with Crippen molar-refractivity contribution in [2.75, 3.05) is 25.0 Å². The highest BCUT2D eigenvalue weighted by Crippen LogP contribution is 2.21. The molecule has 1 saturated heterocycles. The molecule has 0 spiro atoms. The van der Waals surface area contributed by atoms with E-state index in [0.29, 0.717) is 5.92 Å². The molecule has 0 unspecified atom stereocenters. The molecular formula is C16H23BrN2O2. The average Bonchev–Trinajstić information content (AvgIpc) is 2.83. The third-order valence-corrected chi connectivity index (χ3v) is 3.85. The van der Waals surface area contributed by atoms with Crippen LogP contribution in [0.5, 0.6) is 0 Å². The molecule has 21 heavy (non-hydrogen) atoms. The van der Waals surface area contributed by atoms with Crippen LogP contribution in [0.25, 0.3) is 0 Å². The summed E-state index contributed by atoms with van der Waals surface area (Å²) in [4.78, 5) is 13.8. The van der Waals surface area contributed by atoms with Crippen molar-refractivity contribution in [1.82, 2.24) is 4.90 Å². The zero-order chi connectivity index (χ0) is 15.5. The largest absolute Gasteiger partial charge is 0.444 e. The van der Waals surface area contributed by atoms with Crippen molar-refractivity contribution in [2.45, 2.75) is 32.8 Å². The van der Waals surface area contributed by atoms with E-state index in [0.717, 1.165) is 36.2 Å². The van der Waals surface area contributed by atoms with Crippen LogP contribution < -0.4 is 5.32 Å². The van der Waals surface area contributed by atoms with E-state index < -0.39 is 5.60 Å². The lowest BCUT2D eigenvalue weighted by Crippen LogP contribution is -2.35. The van der Waals surface area contributed by atoms with Crippen molar-refractivity contribution in [1.29, 1.82) is 0 Å². The standard InChI is InChI=1S/C16H23BrN2O2/c1-16(2,3)21-15(20)19-8-7-12(11-19)10-18-14-6-4-5-13(17)9-14/h4-6,9,12,18H,7-8,10-11H2,1-3H3/t12-/m1/s1. The van der Waals surface area contributed by atoms with Crippen LogP contribution in [-0.4, -0.2) is 36.2 Å². The van der Waals surface area contributed by atoms with Gasteiger partial charge in [0.1, 0.15) is 5.60 Å². The lowest BCUT2D eigenvalue weighted by Gasteiger charge is -2.24. The van der Waals surface area contributed by atoms with E-state index in [1.165, 1.54) is 0 Å². The molecule has 0 aliphatic carbocycles. The summed E-state index contributed by atoms with van der Waals surface area (Å²) in [7, 11) is 0. The Morgan fingerprint density at radius 2 is 2.24 bits per heavy atom. The molecular weight excluding hydrogens is 332 g/mol. The molecule has 2 rings (SSSR count). The van der Waals surface area contributed by atoms with Crippen LogP contribution in [0.15, 0.2) is 28.7 Å². The van der Waals surface area contributed by atoms with Crippen molar-refractivity contribution >= 4 is 27.7 Å². The smallest absolute Gasteiger partial charge is 0.410 e. The normalized spacial score (nSPS) is 18.7. The molecule has 0 saturated carbocycles. The van der Waals surface area contributed by atoms with E-state index in [9.17, 15) is 4.79 Å². The molecule has 4 nitrogen and oxygen atoms in total. The SMILES string of the molecule is CC(C)(C)OC(=O)N1CC[C@H](CNc2cccc(Br)c2)C1. The highest BCUT2D eigenvalue weighted by molar-refractivity contribution is 9.10. The van der Waals surface area contributed by atoms with Crippen LogP contribution in [0, 0.1) is 5.92 Å². The van der Waals surface area contributed by atoms with Crippen LogP contribution in [0.2, 0.25) is 0 Å². The second kappa shape index (κ2) is 6.69. The molecule has 1 aliphatic heterocycles. The molecule has 1 atom stereocenters. The van der Waals surface area contributed by atoms with Crippen molar-refractivity contribution in [3.05, 3.63) is 28.7 Å². The predicted octanol–water partition coefficient (Wildman–Crippen LogP) is 4.12. The molecule has 1 amide bonds. The monoisotopic (exact) mass is 354 g/mol. The predicted molar refractivity (Wildman–Crippen MR) is 88.5 cm³/mol. The molecule has 116 valence electrons. The van der Waals surface area contributed by atoms with Gasteiger partial charge >= 0.3 is 6.09 Å². The zero-order valence-corrected chi connectivity index (χ0v) is 14.4. The van der Waals surface area contributed by atoms with Crippen molar-refractivity contribution in [3.63, 3.8) is 0 Å². The van der Waals surface area contributed by atoms with Gasteiger partial charge in [0.25, 0.3) is 0 Å². The summed E-state index contributed by atoms with van der Waals surface area (Å²) in [6.45, 7) is 8.10. The Labute approximate surface area is 135 Å². The number of likely N-dealkylation sites (tertiary alicyclic amines) is 1. The summed E-state index contributed by atoms with van der Waals surface area (Å²) >= 11 is 3.46. The highest BCUT2D eigenvalue weighted by atomic mass is 79.9. The number of benzene rings is 1. The van der Waals surface area contributed by atoms with Crippen molar-refractivity contribution < 1.29 is 9.53 Å². The summed E-state index contributed by atoms with van der Waals surface area (Å²) in [5, 5.41) is 3.43. The number of hydrogen-bond acceptors (Lipinski definition) is 3. The minimum Gasteiger partial charge on any atom is -0.444 e. The minimum atomic E-state index is -0.427. The Bertz CT molecular complexity index is 499. The quantitative estimate of drug-likeness (QED) is 0.887. The van der Waals surface area contributed by atoms with E-state index in [1.54, 1.807) is 4.90 Å². The van der Waals surface area contributed by atoms with E-state index in [2.05, 4.69) is 27.3 Å². The van der Waals surface area contributed by atoms with Crippen LogP contribution in [0.3, 0.4) is 0 Å². The Balaban J connectivity index is 1.79. The molecule has 1 aromatic rings. The van der Waals surface area contributed by atoms with Gasteiger partial charge in [-0.05, 0) is 51.3 Å². The number of nitrogens with one attached hydrogen (secondary N) is 1. The Morgan fingerprint density at radius 3 is 2.90 bits per heavy atom. The van der Waals surface area contributed by atoms with Gasteiger partial charge in [-0.1, -0.05) is 22.0 Å². The third kappa shape index (κ3) is 5.23. The fraction of sp³-hybridized carbons (Fsp3) is 0.562. The summed E-state index contributed by atoms with van der Waals surface area (Å²) in [6.07, 6.45) is 0.813. The van der Waals surface area contributed by atoms with Gasteiger partial charge in [-0.25, -0.2) is 4.79 Å². The number of ether oxygens (including phenoxy) is 1. The first-order valence-corrected chi connectivity index (χ1v) is 8.10. The molecule has 1 aromatic carbocycles. The van der Waals surface area contributed by atoms with E-state index in [-0.39, 0.29) is 6.09 Å². The first-order valence-electron chi connectivity index (χ1n) is 7.31. The molecule has 1 fully saturated rings. The van der Waals surface area contributed by atoms with Gasteiger partial charge in [-0.3, -0.25) is 0 Å². The van der Waals surface area contributed by atoms with Gasteiger partial charge in [0.05, 0.1) is 0 Å². The van der Waals surface area contributed by atoms with Crippen molar-refractivity contribution in [2.24, 2.45) is 5.92 Å². The summed E-state index contributed by atoms with van der Waals surface area (Å²) in [6, 6.07) is 8.12. The number of hydrogen-bond donors (Lipinski definition) is 1. The number of halogens is 1. The Kier molecular flexibility index (Phi) is 5.14. The van der Waals surface area contributed by atoms with Gasteiger partial charge in [-0.15, -0.1) is 0 Å². The molecule has 1 heterocycles. The van der Waals surface area contributed by atoms with E-state index in [4.69, 9.17) is 4.74 Å². The van der Waals surface area contributed by atoms with Gasteiger partial charge < -0.3 is 15.0 Å². The number of nitrogens with zero attached hydrogens (tertiary/aromatic N) is 1. The lowest BCUT2D eigenvalue weighted by molar-refractivity contribution is 0.0289. The van der Waals surface area contributed by atoms with Gasteiger partial charge in [0.15, 0.2) is 0 Å². The second-order valence-electron chi connectivity index (χ2n) is 6.47. The number of anilines is 1. The number of carbonyl (C=O) groups excluding carboxylic acids is 1. The zero-order valence-electron chi connectivity index (χ0n) is 12.9. The number of amides is 1. The summed E-state index contributed by atoms with van der Waals surface area (Å²) < 4.78 is 6.47. The maximum atomic E-state index is 12.0. The lowest BCUT2D eigenvalue weighted by atomic mass is 10.1. The molecule has 0 radical (unpaired) electrons. The van der Waals surface area contributed by atoms with E-state index in [1.807, 2.05) is 39.0 Å². The fourth-order valence-electron chi connectivity index (χ4n) is 2.35. The summed E-state index contributed by atoms with van der Waals surface area (Å²) in [5.41, 5.74) is 0.670. The Hall–Kier alpha value is -1.23. The number of rotatable bonds is 3. The molecule has 1 aliphatic rings. The first kappa shape index (κ1) is 16.1. The van der Waals surface area contributed by atoms with Crippen molar-refractivity contribution in [3.8, 4) is 0 Å². The molecule has 5 heteroatoms. The van der Waals surface area contributed by atoms with E-state index >= 15 is 0 Å². The van der Waals surface area contributed by atoms with Gasteiger partial charge in [-0.2, -0.15) is 0 Å². The summed E-state index contributed by atoms with van der Waals surface area (Å²) in [5.74, 6) is 0.469. The van der Waals surface area contributed by atoms with Gasteiger partial charge in [0, 0.05) is 29.8 Å².